The molecular formula is C10H20N2O4. The zero-order valence-electron chi connectivity index (χ0n) is 9.87. The number of aliphatic imine (C=N–C) groups is 1. The molecule has 6 heteroatoms. The van der Waals surface area contributed by atoms with Crippen LogP contribution in [-0.2, 0) is 4.74 Å². The molecule has 4 atom stereocenters. The predicted octanol–water partition coefficient (Wildman–Crippen LogP) is -1.35. The van der Waals surface area contributed by atoms with E-state index in [-0.39, 0.29) is 19.1 Å². The molecular weight excluding hydrogens is 212 g/mol. The summed E-state index contributed by atoms with van der Waals surface area (Å²) in [6.07, 6.45) is -2.01. The third-order valence-corrected chi connectivity index (χ3v) is 2.66. The molecule has 0 amide bonds. The fourth-order valence-corrected chi connectivity index (χ4v) is 1.47. The third-order valence-electron chi connectivity index (χ3n) is 2.66. The van der Waals surface area contributed by atoms with Crippen LogP contribution in [0.15, 0.2) is 4.99 Å². The van der Waals surface area contributed by atoms with E-state index in [1.165, 1.54) is 0 Å². The lowest BCUT2D eigenvalue weighted by Gasteiger charge is -2.24. The fourth-order valence-electron chi connectivity index (χ4n) is 1.47. The number of rotatable bonds is 4. The van der Waals surface area contributed by atoms with Crippen molar-refractivity contribution >= 4 is 6.02 Å². The third kappa shape index (κ3) is 2.84. The molecule has 1 aliphatic rings. The van der Waals surface area contributed by atoms with Crippen LogP contribution in [-0.4, -0.2) is 71.8 Å². The zero-order chi connectivity index (χ0) is 12.3. The number of aliphatic hydroxyl groups is 3. The highest BCUT2D eigenvalue weighted by atomic mass is 16.5. The van der Waals surface area contributed by atoms with Crippen LogP contribution < -0.4 is 0 Å². The number of aliphatic hydroxyl groups excluding tert-OH is 3. The Kier molecular flexibility index (Phi) is 4.52. The van der Waals surface area contributed by atoms with Crippen LogP contribution in [0.4, 0.5) is 0 Å². The molecule has 1 rings (SSSR count). The van der Waals surface area contributed by atoms with Gasteiger partial charge in [0.05, 0.1) is 6.10 Å². The number of nitrogens with zero attached hydrogens (tertiary/aromatic N) is 2. The van der Waals surface area contributed by atoms with Gasteiger partial charge in [-0.1, -0.05) is 6.92 Å². The van der Waals surface area contributed by atoms with Gasteiger partial charge in [-0.25, -0.2) is 4.99 Å². The van der Waals surface area contributed by atoms with Crippen LogP contribution in [0.25, 0.3) is 0 Å². The second-order valence-corrected chi connectivity index (χ2v) is 4.33. The summed E-state index contributed by atoms with van der Waals surface area (Å²) in [7, 11) is 3.58. The quantitative estimate of drug-likeness (QED) is 0.558. The molecule has 1 aliphatic heterocycles. The van der Waals surface area contributed by atoms with E-state index in [0.717, 1.165) is 0 Å². The minimum Gasteiger partial charge on any atom is -0.463 e. The molecule has 16 heavy (non-hydrogen) atoms. The van der Waals surface area contributed by atoms with Crippen LogP contribution in [0.2, 0.25) is 0 Å². The largest absolute Gasteiger partial charge is 0.463 e. The van der Waals surface area contributed by atoms with Gasteiger partial charge in [0.1, 0.15) is 18.8 Å². The predicted molar refractivity (Wildman–Crippen MR) is 59.1 cm³/mol. The summed E-state index contributed by atoms with van der Waals surface area (Å²) in [5.74, 6) is -0.381. The van der Waals surface area contributed by atoms with Gasteiger partial charge < -0.3 is 25.0 Å². The maximum atomic E-state index is 9.85. The molecule has 1 heterocycles. The first-order valence-electron chi connectivity index (χ1n) is 5.32. The fraction of sp³-hybridized carbons (Fsp3) is 0.900. The van der Waals surface area contributed by atoms with Crippen molar-refractivity contribution in [3.63, 3.8) is 0 Å². The molecule has 0 spiro atoms. The van der Waals surface area contributed by atoms with Crippen molar-refractivity contribution in [1.29, 1.82) is 0 Å². The first kappa shape index (κ1) is 13.2. The molecule has 0 aromatic carbocycles. The lowest BCUT2D eigenvalue weighted by atomic mass is 9.96. The minimum absolute atomic E-state index is 0.171. The van der Waals surface area contributed by atoms with E-state index in [0.29, 0.717) is 6.02 Å². The Balaban J connectivity index is 2.59. The Labute approximate surface area is 95.2 Å². The average molecular weight is 232 g/mol. The summed E-state index contributed by atoms with van der Waals surface area (Å²) in [4.78, 5) is 5.86. The summed E-state index contributed by atoms with van der Waals surface area (Å²) >= 11 is 0. The molecule has 6 nitrogen and oxygen atoms in total. The lowest BCUT2D eigenvalue weighted by molar-refractivity contribution is -0.0401. The maximum absolute atomic E-state index is 9.85. The van der Waals surface area contributed by atoms with Crippen LogP contribution in [0.5, 0.6) is 0 Å². The van der Waals surface area contributed by atoms with E-state index in [1.807, 2.05) is 0 Å². The van der Waals surface area contributed by atoms with Gasteiger partial charge >= 0.3 is 0 Å². The van der Waals surface area contributed by atoms with E-state index in [9.17, 15) is 10.2 Å². The van der Waals surface area contributed by atoms with E-state index in [2.05, 4.69) is 4.99 Å². The van der Waals surface area contributed by atoms with Crippen LogP contribution in [0.3, 0.4) is 0 Å². The van der Waals surface area contributed by atoms with E-state index in [4.69, 9.17) is 9.84 Å². The second-order valence-electron chi connectivity index (χ2n) is 4.33. The van der Waals surface area contributed by atoms with Gasteiger partial charge in [-0.15, -0.1) is 0 Å². The topological polar surface area (TPSA) is 85.5 Å². The van der Waals surface area contributed by atoms with Gasteiger partial charge in [-0.05, 0) is 0 Å². The molecule has 3 N–H and O–H groups in total. The van der Waals surface area contributed by atoms with Crippen molar-refractivity contribution < 1.29 is 20.1 Å². The summed E-state index contributed by atoms with van der Waals surface area (Å²) in [6, 6.07) is -0.0192. The SMILES string of the molecule is C[C@H](CO)[C@@H](O)[C@H](O)C1COC(N(C)C)=N1. The molecule has 0 saturated carbocycles. The smallest absolute Gasteiger partial charge is 0.287 e. The Bertz CT molecular complexity index is 257. The Morgan fingerprint density at radius 2 is 2.12 bits per heavy atom. The van der Waals surface area contributed by atoms with Crippen molar-refractivity contribution in [3.8, 4) is 0 Å². The van der Waals surface area contributed by atoms with E-state index >= 15 is 0 Å². The average Bonchev–Trinajstić information content (AvgIpc) is 2.75. The highest BCUT2D eigenvalue weighted by molar-refractivity contribution is 5.74. The van der Waals surface area contributed by atoms with Crippen molar-refractivity contribution in [3.05, 3.63) is 0 Å². The summed E-state index contributed by atoms with van der Waals surface area (Å²) < 4.78 is 5.25. The van der Waals surface area contributed by atoms with Crippen molar-refractivity contribution in [2.75, 3.05) is 27.3 Å². The van der Waals surface area contributed by atoms with Gasteiger partial charge in [0, 0.05) is 26.6 Å². The molecule has 0 saturated heterocycles. The van der Waals surface area contributed by atoms with E-state index < -0.39 is 18.2 Å². The van der Waals surface area contributed by atoms with Gasteiger partial charge in [-0.3, -0.25) is 0 Å². The highest BCUT2D eigenvalue weighted by Crippen LogP contribution is 2.16. The van der Waals surface area contributed by atoms with Crippen LogP contribution in [0.1, 0.15) is 6.92 Å². The normalized spacial score (nSPS) is 25.6. The number of hydrogen-bond acceptors (Lipinski definition) is 6. The molecule has 0 fully saturated rings. The van der Waals surface area contributed by atoms with Crippen LogP contribution >= 0.6 is 0 Å². The standard InChI is InChI=1S/C10H20N2O4/c1-6(4-13)8(14)9(15)7-5-16-10(11-7)12(2)3/h6-9,13-15H,4-5H2,1-3H3/t6-,7?,8-,9-/m1/s1. The molecule has 0 aromatic heterocycles. The zero-order valence-corrected chi connectivity index (χ0v) is 9.87. The second kappa shape index (κ2) is 5.47. The minimum atomic E-state index is -1.01. The van der Waals surface area contributed by atoms with Crippen molar-refractivity contribution in [1.82, 2.24) is 4.90 Å². The van der Waals surface area contributed by atoms with Crippen molar-refractivity contribution in [2.24, 2.45) is 10.9 Å². The highest BCUT2D eigenvalue weighted by Gasteiger charge is 2.34. The molecule has 0 radical (unpaired) electrons. The summed E-state index contributed by atoms with van der Waals surface area (Å²) in [6.45, 7) is 1.75. The molecule has 1 unspecified atom stereocenters. The maximum Gasteiger partial charge on any atom is 0.287 e. The van der Waals surface area contributed by atoms with Gasteiger partial charge in [0.2, 0.25) is 0 Å². The Hall–Kier alpha value is -0.850. The lowest BCUT2D eigenvalue weighted by Crippen LogP contribution is -2.41. The van der Waals surface area contributed by atoms with Gasteiger partial charge in [0.15, 0.2) is 0 Å². The van der Waals surface area contributed by atoms with Gasteiger partial charge in [-0.2, -0.15) is 0 Å². The van der Waals surface area contributed by atoms with E-state index in [1.54, 1.807) is 25.9 Å². The summed E-state index contributed by atoms with van der Waals surface area (Å²) in [5, 5.41) is 28.5. The molecule has 0 bridgehead atoms. The number of hydrogen-bond donors (Lipinski definition) is 3. The number of ether oxygens (including phenoxy) is 1. The molecule has 0 aliphatic carbocycles. The first-order valence-corrected chi connectivity index (χ1v) is 5.32. The monoisotopic (exact) mass is 232 g/mol. The van der Waals surface area contributed by atoms with Crippen LogP contribution in [0, 0.1) is 5.92 Å². The first-order chi connectivity index (χ1) is 7.47. The Morgan fingerprint density at radius 1 is 1.50 bits per heavy atom. The van der Waals surface area contributed by atoms with Crippen molar-refractivity contribution in [2.45, 2.75) is 25.2 Å². The number of amidine groups is 1. The molecule has 94 valence electrons. The molecule has 0 aromatic rings. The Morgan fingerprint density at radius 3 is 2.56 bits per heavy atom. The summed E-state index contributed by atoms with van der Waals surface area (Å²) in [5.41, 5.74) is 0. The van der Waals surface area contributed by atoms with Gasteiger partial charge in [0.25, 0.3) is 6.02 Å².